The summed E-state index contributed by atoms with van der Waals surface area (Å²) in [4.78, 5) is 11.6. The second kappa shape index (κ2) is 46.6. The summed E-state index contributed by atoms with van der Waals surface area (Å²) in [7, 11) is 0. The van der Waals surface area contributed by atoms with Crippen LogP contribution < -0.4 is 0 Å². The highest BCUT2D eigenvalue weighted by Gasteiger charge is 2.15. The number of hydrogen-bond acceptors (Lipinski definition) is 15. The van der Waals surface area contributed by atoms with E-state index in [1.165, 1.54) is 44.9 Å². The van der Waals surface area contributed by atoms with Crippen molar-refractivity contribution < 1.29 is 71.1 Å². The van der Waals surface area contributed by atoms with E-state index < -0.39 is 5.60 Å². The fourth-order valence-corrected chi connectivity index (χ4v) is 4.63. The molecule has 0 radical (unpaired) electrons. The van der Waals surface area contributed by atoms with Gasteiger partial charge in [0.05, 0.1) is 172 Å². The van der Waals surface area contributed by atoms with Crippen molar-refractivity contribution in [3.63, 3.8) is 0 Å². The fourth-order valence-electron chi connectivity index (χ4n) is 4.63. The average molecular weight is 815 g/mol. The highest BCUT2D eigenvalue weighted by molar-refractivity contribution is 5.69. The van der Waals surface area contributed by atoms with Gasteiger partial charge in [-0.15, -0.1) is 0 Å². The second-order valence-electron chi connectivity index (χ2n) is 13.8. The summed E-state index contributed by atoms with van der Waals surface area (Å²) in [6.45, 7) is 21.2. The smallest absolute Gasteiger partial charge is 0.308 e. The van der Waals surface area contributed by atoms with Crippen LogP contribution in [0.1, 0.15) is 85.5 Å². The van der Waals surface area contributed by atoms with E-state index in [2.05, 4.69) is 6.92 Å². The third-order valence-corrected chi connectivity index (χ3v) is 7.48. The molecular formula is C41H82O15. The van der Waals surface area contributed by atoms with Crippen molar-refractivity contribution in [3.8, 4) is 0 Å². The molecule has 0 N–H and O–H groups in total. The number of esters is 1. The molecular weight excluding hydrogens is 732 g/mol. The quantitative estimate of drug-likeness (QED) is 0.0595. The molecule has 0 saturated heterocycles. The molecule has 0 unspecified atom stereocenters. The molecule has 15 heteroatoms. The molecule has 0 aliphatic rings. The molecule has 0 atom stereocenters. The van der Waals surface area contributed by atoms with Crippen LogP contribution in [0, 0.1) is 0 Å². The lowest BCUT2D eigenvalue weighted by Crippen LogP contribution is -2.24. The molecule has 0 spiro atoms. The normalized spacial score (nSPS) is 11.9. The van der Waals surface area contributed by atoms with Crippen LogP contribution in [0.5, 0.6) is 0 Å². The lowest BCUT2D eigenvalue weighted by atomic mass is 10.1. The van der Waals surface area contributed by atoms with Gasteiger partial charge in [-0.1, -0.05) is 51.9 Å². The van der Waals surface area contributed by atoms with Gasteiger partial charge in [-0.2, -0.15) is 0 Å². The summed E-state index contributed by atoms with van der Waals surface area (Å²) in [6.07, 6.45) is 10.7. The summed E-state index contributed by atoms with van der Waals surface area (Å²) >= 11 is 0. The van der Waals surface area contributed by atoms with Crippen LogP contribution in [-0.4, -0.2) is 183 Å². The van der Waals surface area contributed by atoms with Gasteiger partial charge in [0.15, 0.2) is 0 Å². The molecule has 0 saturated carbocycles. The van der Waals surface area contributed by atoms with Gasteiger partial charge in [-0.25, -0.2) is 0 Å². The zero-order valence-corrected chi connectivity index (χ0v) is 35.9. The number of hydrogen-bond donors (Lipinski definition) is 0. The SMILES string of the molecule is CCCCCCCCCCOCCOCCOCCOCCOCCOCCOCCOCCOCCOCCOCCOCCOCCC(=O)OC(C)(C)C. The Morgan fingerprint density at radius 1 is 0.304 bits per heavy atom. The Labute approximate surface area is 339 Å². The number of unbranched alkanes of at least 4 members (excludes halogenated alkanes) is 7. The molecule has 0 amide bonds. The Hall–Kier alpha value is -1.05. The largest absolute Gasteiger partial charge is 0.460 e. The molecule has 0 bridgehead atoms. The van der Waals surface area contributed by atoms with E-state index in [1.54, 1.807) is 0 Å². The molecule has 0 heterocycles. The van der Waals surface area contributed by atoms with E-state index >= 15 is 0 Å². The number of carbonyl (C=O) groups is 1. The van der Waals surface area contributed by atoms with Gasteiger partial charge in [-0.3, -0.25) is 4.79 Å². The van der Waals surface area contributed by atoms with E-state index in [0.29, 0.717) is 165 Å². The van der Waals surface area contributed by atoms with Crippen molar-refractivity contribution in [2.75, 3.05) is 172 Å². The molecule has 0 aromatic rings. The standard InChI is InChI=1S/C41H82O15/c1-5-6-7-8-9-10-11-12-14-43-16-18-45-20-22-47-24-26-49-28-30-51-32-34-53-36-38-55-39-37-54-35-33-52-31-29-50-27-25-48-23-21-46-19-17-44-15-13-40(42)56-41(2,3)4/h5-39H2,1-4H3. The highest BCUT2D eigenvalue weighted by Crippen LogP contribution is 2.09. The molecule has 0 fully saturated rings. The predicted octanol–water partition coefficient (Wildman–Crippen LogP) is 5.07. The van der Waals surface area contributed by atoms with Crippen LogP contribution in [0.4, 0.5) is 0 Å². The first-order valence-electron chi connectivity index (χ1n) is 21.2. The van der Waals surface area contributed by atoms with Crippen molar-refractivity contribution in [3.05, 3.63) is 0 Å². The van der Waals surface area contributed by atoms with Crippen LogP contribution >= 0.6 is 0 Å². The molecule has 0 aliphatic heterocycles. The maximum atomic E-state index is 11.6. The van der Waals surface area contributed by atoms with E-state index in [9.17, 15) is 4.79 Å². The van der Waals surface area contributed by atoms with Crippen molar-refractivity contribution in [1.82, 2.24) is 0 Å². The van der Waals surface area contributed by atoms with Crippen molar-refractivity contribution in [2.24, 2.45) is 0 Å². The minimum absolute atomic E-state index is 0.231. The van der Waals surface area contributed by atoms with Crippen LogP contribution in [-0.2, 0) is 71.1 Å². The molecule has 56 heavy (non-hydrogen) atoms. The topological polar surface area (TPSA) is 146 Å². The third kappa shape index (κ3) is 51.0. The lowest BCUT2D eigenvalue weighted by molar-refractivity contribution is -0.156. The zero-order chi connectivity index (χ0) is 40.7. The van der Waals surface area contributed by atoms with Crippen LogP contribution in [0.15, 0.2) is 0 Å². The number of rotatable bonds is 48. The Morgan fingerprint density at radius 2 is 0.518 bits per heavy atom. The van der Waals surface area contributed by atoms with Gasteiger partial charge in [0.1, 0.15) is 5.60 Å². The monoisotopic (exact) mass is 815 g/mol. The first kappa shape index (κ1) is 55.0. The Kier molecular flexibility index (Phi) is 45.8. The first-order valence-corrected chi connectivity index (χ1v) is 21.2. The lowest BCUT2D eigenvalue weighted by Gasteiger charge is -2.19. The van der Waals surface area contributed by atoms with E-state index in [-0.39, 0.29) is 12.4 Å². The van der Waals surface area contributed by atoms with Crippen LogP contribution in [0.2, 0.25) is 0 Å². The summed E-state index contributed by atoms with van der Waals surface area (Å²) in [5, 5.41) is 0. The van der Waals surface area contributed by atoms with Gasteiger partial charge in [0.2, 0.25) is 0 Å². The number of ether oxygens (including phenoxy) is 14. The van der Waals surface area contributed by atoms with Crippen molar-refractivity contribution in [2.45, 2.75) is 91.1 Å². The summed E-state index contributed by atoms with van der Waals surface area (Å²) in [5.74, 6) is -0.265. The van der Waals surface area contributed by atoms with E-state index in [0.717, 1.165) is 13.0 Å². The Morgan fingerprint density at radius 3 is 0.768 bits per heavy atom. The minimum atomic E-state index is -0.475. The fraction of sp³-hybridized carbons (Fsp3) is 0.976. The molecule has 0 rings (SSSR count). The van der Waals surface area contributed by atoms with Gasteiger partial charge in [0, 0.05) is 6.61 Å². The molecule has 15 nitrogen and oxygen atoms in total. The second-order valence-corrected chi connectivity index (χ2v) is 13.8. The summed E-state index contributed by atoms with van der Waals surface area (Å²) < 4.78 is 76.7. The van der Waals surface area contributed by atoms with Gasteiger partial charge < -0.3 is 66.3 Å². The van der Waals surface area contributed by atoms with Gasteiger partial charge in [-0.05, 0) is 27.2 Å². The molecule has 336 valence electrons. The Bertz CT molecular complexity index is 757. The first-order chi connectivity index (χ1) is 27.5. The van der Waals surface area contributed by atoms with Crippen LogP contribution in [0.3, 0.4) is 0 Å². The van der Waals surface area contributed by atoms with Gasteiger partial charge >= 0.3 is 5.97 Å². The molecule has 0 aromatic heterocycles. The average Bonchev–Trinajstić information content (AvgIpc) is 3.17. The summed E-state index contributed by atoms with van der Waals surface area (Å²) in [6, 6.07) is 0. The highest BCUT2D eigenvalue weighted by atomic mass is 16.6. The number of carbonyl (C=O) groups excluding carboxylic acids is 1. The van der Waals surface area contributed by atoms with E-state index in [1.807, 2.05) is 20.8 Å². The Balaban J connectivity index is 3.09. The van der Waals surface area contributed by atoms with Gasteiger partial charge in [0.25, 0.3) is 0 Å². The maximum absolute atomic E-state index is 11.6. The minimum Gasteiger partial charge on any atom is -0.460 e. The molecule has 0 aliphatic carbocycles. The molecule has 0 aromatic carbocycles. The van der Waals surface area contributed by atoms with Crippen LogP contribution in [0.25, 0.3) is 0 Å². The summed E-state index contributed by atoms with van der Waals surface area (Å²) in [5.41, 5.74) is -0.475. The van der Waals surface area contributed by atoms with Crippen molar-refractivity contribution >= 4 is 5.97 Å². The van der Waals surface area contributed by atoms with E-state index in [4.69, 9.17) is 66.3 Å². The predicted molar refractivity (Wildman–Crippen MR) is 214 cm³/mol. The third-order valence-electron chi connectivity index (χ3n) is 7.48. The maximum Gasteiger partial charge on any atom is 0.308 e. The zero-order valence-electron chi connectivity index (χ0n) is 35.9. The van der Waals surface area contributed by atoms with Crippen molar-refractivity contribution in [1.29, 1.82) is 0 Å².